The van der Waals surface area contributed by atoms with E-state index in [9.17, 15) is 14.4 Å². The fraction of sp³-hybridized carbons (Fsp3) is 0.400. The van der Waals surface area contributed by atoms with Crippen LogP contribution in [0.1, 0.15) is 43.8 Å². The molecule has 0 radical (unpaired) electrons. The van der Waals surface area contributed by atoms with E-state index in [0.717, 1.165) is 0 Å². The number of aromatic nitrogens is 2. The molecule has 148 valence electrons. The van der Waals surface area contributed by atoms with E-state index in [1.807, 2.05) is 19.9 Å². The Balaban J connectivity index is 1.84. The fourth-order valence-electron chi connectivity index (χ4n) is 3.01. The van der Waals surface area contributed by atoms with Gasteiger partial charge in [0.1, 0.15) is 5.82 Å². The Morgan fingerprint density at radius 1 is 1.21 bits per heavy atom. The topological polar surface area (TPSA) is 99.5 Å². The summed E-state index contributed by atoms with van der Waals surface area (Å²) in [6, 6.07) is 10.2. The van der Waals surface area contributed by atoms with Crippen molar-refractivity contribution in [2.75, 3.05) is 5.32 Å². The molecule has 8 nitrogen and oxygen atoms in total. The molecule has 1 aliphatic rings. The number of rotatable bonds is 5. The Labute approximate surface area is 162 Å². The van der Waals surface area contributed by atoms with Crippen molar-refractivity contribution in [2.45, 2.75) is 45.6 Å². The zero-order valence-corrected chi connectivity index (χ0v) is 16.0. The maximum atomic E-state index is 12.5. The molecular formula is C20H23N3O5. The Morgan fingerprint density at radius 3 is 2.57 bits per heavy atom. The summed E-state index contributed by atoms with van der Waals surface area (Å²) in [5.41, 5.74) is -0.169. The highest BCUT2D eigenvalue weighted by Crippen LogP contribution is 2.35. The first-order valence-corrected chi connectivity index (χ1v) is 9.21. The number of carbonyl (C=O) groups excluding carboxylic acids is 2. The number of amides is 1. The predicted molar refractivity (Wildman–Crippen MR) is 102 cm³/mol. The van der Waals surface area contributed by atoms with Crippen molar-refractivity contribution in [3.05, 3.63) is 58.6 Å². The van der Waals surface area contributed by atoms with Crippen molar-refractivity contribution in [1.82, 2.24) is 9.55 Å². The van der Waals surface area contributed by atoms with Gasteiger partial charge in [-0.15, -0.1) is 0 Å². The minimum atomic E-state index is -0.798. The van der Waals surface area contributed by atoms with Crippen LogP contribution in [-0.2, 0) is 14.3 Å². The molecular weight excluding hydrogens is 362 g/mol. The van der Waals surface area contributed by atoms with Gasteiger partial charge in [0.2, 0.25) is 5.91 Å². The zero-order valence-electron chi connectivity index (χ0n) is 16.0. The molecule has 1 amide bonds. The van der Waals surface area contributed by atoms with E-state index < -0.39 is 24.0 Å². The average molecular weight is 385 g/mol. The highest BCUT2D eigenvalue weighted by Gasteiger charge is 2.44. The lowest BCUT2D eigenvalue weighted by atomic mass is 10.0. The molecule has 0 saturated carbocycles. The van der Waals surface area contributed by atoms with Gasteiger partial charge in [-0.05, 0) is 25.1 Å². The zero-order chi connectivity index (χ0) is 20.3. The third-order valence-corrected chi connectivity index (χ3v) is 4.84. The number of hydrogen-bond acceptors (Lipinski definition) is 6. The number of carbonyl (C=O) groups is 2. The van der Waals surface area contributed by atoms with Gasteiger partial charge in [0.15, 0.2) is 12.3 Å². The third-order valence-electron chi connectivity index (χ3n) is 4.84. The van der Waals surface area contributed by atoms with Crippen molar-refractivity contribution in [1.29, 1.82) is 0 Å². The molecule has 1 N–H and O–H groups in total. The summed E-state index contributed by atoms with van der Waals surface area (Å²) >= 11 is 0. The first-order chi connectivity index (χ1) is 13.4. The van der Waals surface area contributed by atoms with Crippen LogP contribution in [0.4, 0.5) is 5.82 Å². The molecule has 4 atom stereocenters. The molecule has 28 heavy (non-hydrogen) atoms. The summed E-state index contributed by atoms with van der Waals surface area (Å²) in [6.45, 7) is 5.47. The molecule has 2 aromatic rings. The minimum Gasteiger partial charge on any atom is -0.454 e. The summed E-state index contributed by atoms with van der Waals surface area (Å²) in [7, 11) is 0. The summed E-state index contributed by atoms with van der Waals surface area (Å²) < 4.78 is 12.9. The van der Waals surface area contributed by atoms with Crippen LogP contribution in [0.15, 0.2) is 47.4 Å². The average Bonchev–Trinajstić information content (AvgIpc) is 2.96. The Hall–Kier alpha value is -3.00. The monoisotopic (exact) mass is 385 g/mol. The Bertz CT molecular complexity index is 912. The lowest BCUT2D eigenvalue weighted by Gasteiger charge is -2.23. The van der Waals surface area contributed by atoms with Gasteiger partial charge in [-0.3, -0.25) is 9.36 Å². The number of ether oxygens (including phenoxy) is 2. The Morgan fingerprint density at radius 2 is 1.93 bits per heavy atom. The summed E-state index contributed by atoms with van der Waals surface area (Å²) in [6.07, 6.45) is 0.0967. The number of esters is 1. The van der Waals surface area contributed by atoms with Crippen LogP contribution in [0, 0.1) is 5.92 Å². The van der Waals surface area contributed by atoms with E-state index in [1.165, 1.54) is 16.8 Å². The van der Waals surface area contributed by atoms with Crippen molar-refractivity contribution >= 4 is 17.7 Å². The van der Waals surface area contributed by atoms with E-state index in [-0.39, 0.29) is 30.2 Å². The maximum Gasteiger partial charge on any atom is 0.351 e. The van der Waals surface area contributed by atoms with Gasteiger partial charge in [0.25, 0.3) is 0 Å². The van der Waals surface area contributed by atoms with Crippen LogP contribution >= 0.6 is 0 Å². The highest BCUT2D eigenvalue weighted by atomic mass is 16.6. The third kappa shape index (κ3) is 4.12. The molecule has 0 bridgehead atoms. The van der Waals surface area contributed by atoms with Crippen molar-refractivity contribution < 1.29 is 19.1 Å². The molecule has 8 heteroatoms. The fourth-order valence-corrected chi connectivity index (χ4v) is 3.01. The molecule has 0 aliphatic carbocycles. The molecule has 3 rings (SSSR count). The van der Waals surface area contributed by atoms with E-state index in [4.69, 9.17) is 9.47 Å². The minimum absolute atomic E-state index is 0.121. The second-order valence-electron chi connectivity index (χ2n) is 6.73. The van der Waals surface area contributed by atoms with Crippen LogP contribution in [-0.4, -0.2) is 33.6 Å². The van der Waals surface area contributed by atoms with E-state index in [2.05, 4.69) is 10.3 Å². The highest BCUT2D eigenvalue weighted by molar-refractivity contribution is 5.89. The number of nitrogens with one attached hydrogen (secondary N) is 1. The molecule has 1 fully saturated rings. The van der Waals surface area contributed by atoms with Crippen molar-refractivity contribution in [3.63, 3.8) is 0 Å². The molecule has 1 unspecified atom stereocenters. The summed E-state index contributed by atoms with van der Waals surface area (Å²) in [5, 5.41) is 2.54. The lowest BCUT2D eigenvalue weighted by Crippen LogP contribution is -2.36. The van der Waals surface area contributed by atoms with Gasteiger partial charge in [-0.1, -0.05) is 32.0 Å². The van der Waals surface area contributed by atoms with Gasteiger partial charge in [-0.2, -0.15) is 4.98 Å². The predicted octanol–water partition coefficient (Wildman–Crippen LogP) is 2.37. The largest absolute Gasteiger partial charge is 0.454 e. The van der Waals surface area contributed by atoms with Gasteiger partial charge in [0.05, 0.1) is 11.7 Å². The van der Waals surface area contributed by atoms with E-state index in [1.54, 1.807) is 31.2 Å². The summed E-state index contributed by atoms with van der Waals surface area (Å²) in [5.74, 6) is -0.666. The first-order valence-electron chi connectivity index (χ1n) is 9.21. The number of anilines is 1. The molecule has 2 heterocycles. The number of hydrogen-bond donors (Lipinski definition) is 1. The molecule has 1 aliphatic heterocycles. The quantitative estimate of drug-likeness (QED) is 0.794. The maximum absolute atomic E-state index is 12.5. The van der Waals surface area contributed by atoms with Crippen LogP contribution in [0.3, 0.4) is 0 Å². The number of benzene rings is 1. The van der Waals surface area contributed by atoms with Gasteiger partial charge in [-0.25, -0.2) is 9.59 Å². The van der Waals surface area contributed by atoms with Crippen molar-refractivity contribution in [3.8, 4) is 0 Å². The summed E-state index contributed by atoms with van der Waals surface area (Å²) in [4.78, 5) is 40.4. The lowest BCUT2D eigenvalue weighted by molar-refractivity contribution is -0.115. The number of nitrogens with zero attached hydrogens (tertiary/aromatic N) is 2. The van der Waals surface area contributed by atoms with Crippen LogP contribution in [0.2, 0.25) is 0 Å². The second-order valence-corrected chi connectivity index (χ2v) is 6.73. The van der Waals surface area contributed by atoms with Crippen LogP contribution in [0.5, 0.6) is 0 Å². The van der Waals surface area contributed by atoms with Crippen molar-refractivity contribution in [2.24, 2.45) is 5.92 Å². The van der Waals surface area contributed by atoms with E-state index in [0.29, 0.717) is 5.56 Å². The van der Waals surface area contributed by atoms with E-state index >= 15 is 0 Å². The molecule has 0 spiro atoms. The van der Waals surface area contributed by atoms with Crippen LogP contribution in [0.25, 0.3) is 0 Å². The first kappa shape index (κ1) is 19.8. The molecule has 1 saturated heterocycles. The standard InChI is InChI=1S/C20H23N3O5/c1-4-16(24)21-15-10-11-23(20(26)22-15)18-17(12(2)13(3)27-18)28-19(25)14-8-6-5-7-9-14/h5-13,17-18H,4H2,1-3H3,(H,21,22,24,26)/t12-,13?,17+,18-/m1/s1. The molecule has 1 aromatic carbocycles. The Kier molecular flexibility index (Phi) is 5.89. The second kappa shape index (κ2) is 8.35. The van der Waals surface area contributed by atoms with Gasteiger partial charge >= 0.3 is 11.7 Å². The van der Waals surface area contributed by atoms with Gasteiger partial charge < -0.3 is 14.8 Å². The normalized spacial score (nSPS) is 24.0. The SMILES string of the molecule is CCC(=O)Nc1ccn([C@@H]2OC(C)[C@@H](C)[C@@H]2OC(=O)c2ccccc2)c(=O)n1. The van der Waals surface area contributed by atoms with Crippen LogP contribution < -0.4 is 11.0 Å². The molecule has 1 aromatic heterocycles. The smallest absolute Gasteiger partial charge is 0.351 e. The van der Waals surface area contributed by atoms with Gasteiger partial charge in [0, 0.05) is 18.5 Å².